The van der Waals surface area contributed by atoms with Crippen LogP contribution in [0, 0.1) is 0 Å². The van der Waals surface area contributed by atoms with E-state index in [1.165, 1.54) is 0 Å². The number of rotatable bonds is 7. The van der Waals surface area contributed by atoms with Gasteiger partial charge in [0.15, 0.2) is 11.5 Å². The summed E-state index contributed by atoms with van der Waals surface area (Å²) < 4.78 is 15.4. The normalized spacial score (nSPS) is 10.3. The monoisotopic (exact) mass is 294 g/mol. The van der Waals surface area contributed by atoms with Gasteiger partial charge in [0.05, 0.1) is 12.7 Å². The highest BCUT2D eigenvalue weighted by Crippen LogP contribution is 2.27. The second-order valence-electron chi connectivity index (χ2n) is 4.85. The molecule has 0 atom stereocenters. The second kappa shape index (κ2) is 9.00. The molecule has 0 saturated heterocycles. The van der Waals surface area contributed by atoms with Crippen molar-refractivity contribution < 1.29 is 23.8 Å². The first kappa shape index (κ1) is 17.0. The van der Waals surface area contributed by atoms with Gasteiger partial charge in [0.2, 0.25) is 0 Å². The number of carbonyl (C=O) groups is 2. The van der Waals surface area contributed by atoms with Crippen LogP contribution in [0.1, 0.15) is 40.0 Å². The van der Waals surface area contributed by atoms with E-state index in [1.807, 2.05) is 20.8 Å². The van der Waals surface area contributed by atoms with E-state index in [-0.39, 0.29) is 18.5 Å². The Kier molecular flexibility index (Phi) is 7.29. The summed E-state index contributed by atoms with van der Waals surface area (Å²) in [6.45, 7) is 5.99. The highest BCUT2D eigenvalue weighted by atomic mass is 16.6. The SMILES string of the molecule is CCCCCOC(=O)C(=O)Oc1ccccc1OC(C)C. The Hall–Kier alpha value is -2.04. The van der Waals surface area contributed by atoms with Crippen LogP contribution in [0.15, 0.2) is 24.3 Å². The summed E-state index contributed by atoms with van der Waals surface area (Å²) in [5.74, 6) is -1.39. The van der Waals surface area contributed by atoms with Crippen molar-refractivity contribution in [2.45, 2.75) is 46.1 Å². The smallest absolute Gasteiger partial charge is 0.422 e. The summed E-state index contributed by atoms with van der Waals surface area (Å²) in [5, 5.41) is 0. The number of benzene rings is 1. The van der Waals surface area contributed by atoms with Gasteiger partial charge in [-0.15, -0.1) is 0 Å². The molecule has 0 aliphatic heterocycles. The van der Waals surface area contributed by atoms with Crippen molar-refractivity contribution in [1.29, 1.82) is 0 Å². The highest BCUT2D eigenvalue weighted by molar-refractivity contribution is 6.30. The third-order valence-electron chi connectivity index (χ3n) is 2.56. The summed E-state index contributed by atoms with van der Waals surface area (Å²) in [6, 6.07) is 6.70. The van der Waals surface area contributed by atoms with Gasteiger partial charge in [-0.05, 0) is 32.4 Å². The van der Waals surface area contributed by atoms with Crippen molar-refractivity contribution in [1.82, 2.24) is 0 Å². The Morgan fingerprint density at radius 1 is 1.05 bits per heavy atom. The number of hydrogen-bond acceptors (Lipinski definition) is 5. The molecule has 1 aromatic carbocycles. The van der Waals surface area contributed by atoms with Gasteiger partial charge in [0, 0.05) is 0 Å². The molecule has 5 heteroatoms. The Morgan fingerprint density at radius 2 is 1.71 bits per heavy atom. The van der Waals surface area contributed by atoms with Gasteiger partial charge in [0.1, 0.15) is 0 Å². The number of hydrogen-bond donors (Lipinski definition) is 0. The fourth-order valence-corrected chi connectivity index (χ4v) is 1.60. The zero-order valence-electron chi connectivity index (χ0n) is 12.8. The molecule has 0 aliphatic carbocycles. The molecule has 116 valence electrons. The first-order valence-corrected chi connectivity index (χ1v) is 7.19. The summed E-state index contributed by atoms with van der Waals surface area (Å²) in [7, 11) is 0. The van der Waals surface area contributed by atoms with Crippen LogP contribution in [0.25, 0.3) is 0 Å². The number of esters is 2. The van der Waals surface area contributed by atoms with Gasteiger partial charge >= 0.3 is 11.9 Å². The van der Waals surface area contributed by atoms with E-state index in [4.69, 9.17) is 14.2 Å². The molecule has 1 rings (SSSR count). The molecular formula is C16H22O5. The van der Waals surface area contributed by atoms with Crippen LogP contribution in [-0.4, -0.2) is 24.6 Å². The average Bonchev–Trinajstić information content (AvgIpc) is 2.45. The third kappa shape index (κ3) is 6.29. The fourth-order valence-electron chi connectivity index (χ4n) is 1.60. The van der Waals surface area contributed by atoms with Crippen LogP contribution >= 0.6 is 0 Å². The first-order valence-electron chi connectivity index (χ1n) is 7.19. The lowest BCUT2D eigenvalue weighted by atomic mass is 10.3. The molecule has 0 amide bonds. The molecule has 21 heavy (non-hydrogen) atoms. The van der Waals surface area contributed by atoms with E-state index in [2.05, 4.69) is 0 Å². The highest BCUT2D eigenvalue weighted by Gasteiger charge is 2.20. The standard InChI is InChI=1S/C16H22O5/c1-4-5-8-11-19-15(17)16(18)21-14-10-7-6-9-13(14)20-12(2)3/h6-7,9-10,12H,4-5,8,11H2,1-3H3. The lowest BCUT2D eigenvalue weighted by Gasteiger charge is -2.13. The Balaban J connectivity index is 2.56. The molecule has 0 unspecified atom stereocenters. The van der Waals surface area contributed by atoms with Crippen molar-refractivity contribution in [3.05, 3.63) is 24.3 Å². The van der Waals surface area contributed by atoms with Crippen molar-refractivity contribution >= 4 is 11.9 Å². The van der Waals surface area contributed by atoms with E-state index in [0.29, 0.717) is 5.75 Å². The fraction of sp³-hybridized carbons (Fsp3) is 0.500. The van der Waals surface area contributed by atoms with Gasteiger partial charge in [0.25, 0.3) is 0 Å². The Bertz CT molecular complexity index is 467. The maximum atomic E-state index is 11.7. The van der Waals surface area contributed by atoms with Crippen LogP contribution in [0.4, 0.5) is 0 Å². The molecule has 0 aromatic heterocycles. The lowest BCUT2D eigenvalue weighted by molar-refractivity contribution is -0.162. The van der Waals surface area contributed by atoms with Crippen LogP contribution in [0.5, 0.6) is 11.5 Å². The Labute approximate surface area is 125 Å². The first-order chi connectivity index (χ1) is 10.0. The number of carbonyl (C=O) groups excluding carboxylic acids is 2. The topological polar surface area (TPSA) is 61.8 Å². The molecule has 0 fully saturated rings. The van der Waals surface area contributed by atoms with Gasteiger partial charge in [-0.3, -0.25) is 0 Å². The summed E-state index contributed by atoms with van der Waals surface area (Å²) in [6.07, 6.45) is 2.64. The van der Waals surface area contributed by atoms with E-state index >= 15 is 0 Å². The molecule has 5 nitrogen and oxygen atoms in total. The molecule has 0 spiro atoms. The van der Waals surface area contributed by atoms with Crippen molar-refractivity contribution in [2.75, 3.05) is 6.61 Å². The predicted octanol–water partition coefficient (Wildman–Crippen LogP) is 3.11. The molecule has 0 N–H and O–H groups in total. The largest absolute Gasteiger partial charge is 0.487 e. The zero-order valence-corrected chi connectivity index (χ0v) is 12.8. The van der Waals surface area contributed by atoms with Crippen molar-refractivity contribution in [3.8, 4) is 11.5 Å². The summed E-state index contributed by atoms with van der Waals surface area (Å²) >= 11 is 0. The molecule has 1 aromatic rings. The molecule has 0 aliphatic rings. The number of para-hydroxylation sites is 2. The van der Waals surface area contributed by atoms with E-state index in [0.717, 1.165) is 19.3 Å². The summed E-state index contributed by atoms with van der Waals surface area (Å²) in [5.41, 5.74) is 0. The zero-order chi connectivity index (χ0) is 15.7. The minimum Gasteiger partial charge on any atom is -0.487 e. The minimum absolute atomic E-state index is 0.0640. The van der Waals surface area contributed by atoms with E-state index in [1.54, 1.807) is 24.3 Å². The number of unbranched alkanes of at least 4 members (excludes halogenated alkanes) is 2. The van der Waals surface area contributed by atoms with Crippen molar-refractivity contribution in [3.63, 3.8) is 0 Å². The van der Waals surface area contributed by atoms with Crippen molar-refractivity contribution in [2.24, 2.45) is 0 Å². The predicted molar refractivity (Wildman–Crippen MR) is 78.3 cm³/mol. The average molecular weight is 294 g/mol. The van der Waals surface area contributed by atoms with Gasteiger partial charge in [-0.1, -0.05) is 31.9 Å². The quantitative estimate of drug-likeness (QED) is 0.335. The second-order valence-corrected chi connectivity index (χ2v) is 4.85. The van der Waals surface area contributed by atoms with Crippen LogP contribution < -0.4 is 9.47 Å². The molecular weight excluding hydrogens is 272 g/mol. The van der Waals surface area contributed by atoms with E-state index < -0.39 is 11.9 Å². The number of ether oxygens (including phenoxy) is 3. The maximum Gasteiger partial charge on any atom is 0.422 e. The van der Waals surface area contributed by atoms with Gasteiger partial charge in [-0.2, -0.15) is 0 Å². The van der Waals surface area contributed by atoms with E-state index in [9.17, 15) is 9.59 Å². The third-order valence-corrected chi connectivity index (χ3v) is 2.56. The summed E-state index contributed by atoms with van der Waals surface area (Å²) in [4.78, 5) is 23.2. The van der Waals surface area contributed by atoms with Gasteiger partial charge in [-0.25, -0.2) is 9.59 Å². The molecule has 0 heterocycles. The van der Waals surface area contributed by atoms with Crippen LogP contribution in [0.2, 0.25) is 0 Å². The maximum absolute atomic E-state index is 11.7. The molecule has 0 radical (unpaired) electrons. The Morgan fingerprint density at radius 3 is 2.33 bits per heavy atom. The minimum atomic E-state index is -1.04. The molecule has 0 bridgehead atoms. The lowest BCUT2D eigenvalue weighted by Crippen LogP contribution is -2.23. The van der Waals surface area contributed by atoms with Crippen LogP contribution in [0.3, 0.4) is 0 Å². The van der Waals surface area contributed by atoms with Gasteiger partial charge < -0.3 is 14.2 Å². The van der Waals surface area contributed by atoms with Crippen LogP contribution in [-0.2, 0) is 14.3 Å². The molecule has 0 saturated carbocycles.